The summed E-state index contributed by atoms with van der Waals surface area (Å²) in [5, 5.41) is 6.51. The summed E-state index contributed by atoms with van der Waals surface area (Å²) >= 11 is 0. The molecule has 1 heterocycles. The Hall–Kier alpha value is -3.75. The molecule has 0 fully saturated rings. The number of halogens is 1. The third kappa shape index (κ3) is 6.11. The third-order valence-corrected chi connectivity index (χ3v) is 4.24. The normalized spacial score (nSPS) is 11.6. The number of nitrogens with zero attached hydrogens (tertiary/aromatic N) is 2. The highest BCUT2D eigenvalue weighted by molar-refractivity contribution is 5.96. The van der Waals surface area contributed by atoms with Crippen LogP contribution in [0.4, 0.5) is 10.1 Å². The van der Waals surface area contributed by atoms with Crippen LogP contribution in [-0.2, 0) is 20.7 Å². The van der Waals surface area contributed by atoms with E-state index >= 15 is 0 Å². The van der Waals surface area contributed by atoms with E-state index in [9.17, 15) is 14.0 Å². The van der Waals surface area contributed by atoms with Crippen molar-refractivity contribution in [2.45, 2.75) is 32.8 Å². The predicted octanol–water partition coefficient (Wildman–Crippen LogP) is 3.78. The van der Waals surface area contributed by atoms with Crippen molar-refractivity contribution in [3.63, 3.8) is 0 Å². The van der Waals surface area contributed by atoms with Crippen LogP contribution in [-0.4, -0.2) is 34.7 Å². The second kappa shape index (κ2) is 10.3. The van der Waals surface area contributed by atoms with Gasteiger partial charge in [0.25, 0.3) is 5.91 Å². The Morgan fingerprint density at radius 3 is 2.65 bits per heavy atom. The summed E-state index contributed by atoms with van der Waals surface area (Å²) in [5.74, 6) is -0.359. The van der Waals surface area contributed by atoms with Crippen LogP contribution in [0.15, 0.2) is 53.1 Å². The molecule has 0 saturated carbocycles. The summed E-state index contributed by atoms with van der Waals surface area (Å²) in [6.45, 7) is 3.78. The lowest BCUT2D eigenvalue weighted by Crippen LogP contribution is -2.30. The van der Waals surface area contributed by atoms with Gasteiger partial charge in [0, 0.05) is 12.0 Å². The largest absolute Gasteiger partial charge is 0.492 e. The lowest BCUT2D eigenvalue weighted by molar-refractivity contribution is -0.153. The molecule has 0 aliphatic rings. The van der Waals surface area contributed by atoms with Crippen LogP contribution in [0.3, 0.4) is 0 Å². The molecule has 31 heavy (non-hydrogen) atoms. The maximum Gasteiger partial charge on any atom is 0.307 e. The average Bonchev–Trinajstić information content (AvgIpc) is 3.23. The molecule has 0 spiro atoms. The van der Waals surface area contributed by atoms with Gasteiger partial charge in [0.1, 0.15) is 11.6 Å². The Labute approximate surface area is 178 Å². The van der Waals surface area contributed by atoms with E-state index in [1.165, 1.54) is 31.2 Å². The van der Waals surface area contributed by atoms with Crippen molar-refractivity contribution in [1.82, 2.24) is 10.1 Å². The number of benzene rings is 2. The summed E-state index contributed by atoms with van der Waals surface area (Å²) in [6.07, 6.45) is -0.896. The Bertz CT molecular complexity index is 1040. The molecular weight excluding hydrogens is 405 g/mol. The minimum Gasteiger partial charge on any atom is -0.492 e. The fraction of sp³-hybridized carbons (Fsp3) is 0.273. The second-order valence-electron chi connectivity index (χ2n) is 6.57. The molecule has 1 N–H and O–H groups in total. The molecule has 1 atom stereocenters. The highest BCUT2D eigenvalue weighted by atomic mass is 19.1. The number of anilines is 1. The van der Waals surface area contributed by atoms with Gasteiger partial charge in [-0.3, -0.25) is 9.59 Å². The Kier molecular flexibility index (Phi) is 7.31. The number of ether oxygens (including phenoxy) is 2. The Morgan fingerprint density at radius 2 is 1.90 bits per heavy atom. The number of nitrogens with one attached hydrogen (secondary N) is 1. The summed E-state index contributed by atoms with van der Waals surface area (Å²) in [4.78, 5) is 28.6. The van der Waals surface area contributed by atoms with Crippen molar-refractivity contribution in [3.8, 4) is 17.1 Å². The van der Waals surface area contributed by atoms with Crippen LogP contribution in [0.25, 0.3) is 11.4 Å². The van der Waals surface area contributed by atoms with Gasteiger partial charge in [-0.05, 0) is 50.2 Å². The van der Waals surface area contributed by atoms with E-state index in [-0.39, 0.29) is 24.5 Å². The molecule has 3 aromatic rings. The van der Waals surface area contributed by atoms with Crippen molar-refractivity contribution >= 4 is 17.6 Å². The van der Waals surface area contributed by atoms with Gasteiger partial charge in [-0.25, -0.2) is 4.39 Å². The zero-order valence-corrected chi connectivity index (χ0v) is 17.1. The van der Waals surface area contributed by atoms with E-state index in [1.54, 1.807) is 24.3 Å². The third-order valence-electron chi connectivity index (χ3n) is 4.24. The molecule has 1 amide bonds. The Morgan fingerprint density at radius 1 is 1.16 bits per heavy atom. The number of esters is 1. The maximum absolute atomic E-state index is 13.0. The topological polar surface area (TPSA) is 104 Å². The van der Waals surface area contributed by atoms with Gasteiger partial charge in [-0.2, -0.15) is 4.98 Å². The van der Waals surface area contributed by atoms with Gasteiger partial charge in [0.15, 0.2) is 6.10 Å². The molecule has 1 aromatic heterocycles. The summed E-state index contributed by atoms with van der Waals surface area (Å²) in [6, 6.07) is 12.6. The van der Waals surface area contributed by atoms with Crippen molar-refractivity contribution in [2.24, 2.45) is 0 Å². The fourth-order valence-corrected chi connectivity index (χ4v) is 2.68. The molecule has 162 valence electrons. The molecule has 2 aromatic carbocycles. The lowest BCUT2D eigenvalue weighted by atomic mass is 10.2. The molecule has 9 heteroatoms. The maximum atomic E-state index is 13.0. The molecule has 0 radical (unpaired) electrons. The van der Waals surface area contributed by atoms with Crippen molar-refractivity contribution < 1.29 is 28.0 Å². The van der Waals surface area contributed by atoms with Gasteiger partial charge in [-0.1, -0.05) is 17.3 Å². The number of para-hydroxylation sites is 2. The average molecular weight is 427 g/mol. The van der Waals surface area contributed by atoms with Crippen LogP contribution in [0.5, 0.6) is 5.75 Å². The van der Waals surface area contributed by atoms with Crippen LogP contribution in [0.2, 0.25) is 0 Å². The van der Waals surface area contributed by atoms with E-state index in [0.717, 1.165) is 0 Å². The zero-order chi connectivity index (χ0) is 22.2. The highest BCUT2D eigenvalue weighted by Gasteiger charge is 2.20. The van der Waals surface area contributed by atoms with Gasteiger partial charge in [0.05, 0.1) is 18.7 Å². The Balaban J connectivity index is 1.49. The molecule has 0 saturated heterocycles. The number of carbonyl (C=O) groups excluding carboxylic acids is 2. The summed E-state index contributed by atoms with van der Waals surface area (Å²) in [5.41, 5.74) is 1.09. The van der Waals surface area contributed by atoms with Crippen molar-refractivity contribution in [2.75, 3.05) is 11.9 Å². The molecule has 8 nitrogen and oxygen atoms in total. The number of rotatable bonds is 9. The van der Waals surface area contributed by atoms with Crippen molar-refractivity contribution in [1.29, 1.82) is 0 Å². The van der Waals surface area contributed by atoms with Gasteiger partial charge in [0.2, 0.25) is 11.7 Å². The molecule has 3 rings (SSSR count). The van der Waals surface area contributed by atoms with Gasteiger partial charge < -0.3 is 19.3 Å². The van der Waals surface area contributed by atoms with Crippen LogP contribution >= 0.6 is 0 Å². The minimum absolute atomic E-state index is 0.0434. The first-order valence-electron chi connectivity index (χ1n) is 9.77. The number of carbonyl (C=O) groups is 2. The van der Waals surface area contributed by atoms with Crippen molar-refractivity contribution in [3.05, 3.63) is 60.2 Å². The standard InChI is InChI=1S/C22H22FN3O5/c1-3-29-18-7-5-4-6-17(18)24-22(28)14(2)30-20(27)13-12-19-25-21(26-31-19)15-8-10-16(23)11-9-15/h4-11,14H,3,12-13H2,1-2H3,(H,24,28). The molecule has 0 aliphatic heterocycles. The van der Waals surface area contributed by atoms with E-state index in [2.05, 4.69) is 15.5 Å². The lowest BCUT2D eigenvalue weighted by Gasteiger charge is -2.15. The fourth-order valence-electron chi connectivity index (χ4n) is 2.68. The van der Waals surface area contributed by atoms with Crippen LogP contribution < -0.4 is 10.1 Å². The molecular formula is C22H22FN3O5. The van der Waals surface area contributed by atoms with Gasteiger partial charge in [-0.15, -0.1) is 0 Å². The van der Waals surface area contributed by atoms with Crippen LogP contribution in [0.1, 0.15) is 26.2 Å². The first kappa shape index (κ1) is 21.9. The zero-order valence-electron chi connectivity index (χ0n) is 17.1. The second-order valence-corrected chi connectivity index (χ2v) is 6.57. The summed E-state index contributed by atoms with van der Waals surface area (Å²) < 4.78 is 28.8. The summed E-state index contributed by atoms with van der Waals surface area (Å²) in [7, 11) is 0. The smallest absolute Gasteiger partial charge is 0.307 e. The SMILES string of the molecule is CCOc1ccccc1NC(=O)C(C)OC(=O)CCc1nc(-c2ccc(F)cc2)no1. The monoisotopic (exact) mass is 427 g/mol. The number of amides is 1. The molecule has 0 bridgehead atoms. The highest BCUT2D eigenvalue weighted by Crippen LogP contribution is 2.24. The van der Waals surface area contributed by atoms with Gasteiger partial charge >= 0.3 is 5.97 Å². The van der Waals surface area contributed by atoms with Crippen LogP contribution in [0, 0.1) is 5.82 Å². The first-order chi connectivity index (χ1) is 15.0. The number of aromatic nitrogens is 2. The van der Waals surface area contributed by atoms with E-state index in [4.69, 9.17) is 14.0 Å². The molecule has 0 aliphatic carbocycles. The number of aryl methyl sites for hydroxylation is 1. The van der Waals surface area contributed by atoms with E-state index in [0.29, 0.717) is 29.4 Å². The van der Waals surface area contributed by atoms with E-state index in [1.807, 2.05) is 6.92 Å². The van der Waals surface area contributed by atoms with E-state index < -0.39 is 18.0 Å². The number of hydrogen-bond acceptors (Lipinski definition) is 7. The quantitative estimate of drug-likeness (QED) is 0.518. The predicted molar refractivity (Wildman–Crippen MR) is 110 cm³/mol. The number of hydrogen-bond donors (Lipinski definition) is 1. The molecule has 1 unspecified atom stereocenters. The first-order valence-corrected chi connectivity index (χ1v) is 9.77. The minimum atomic E-state index is -1.00.